The Balaban J connectivity index is 1.54. The zero-order valence-electron chi connectivity index (χ0n) is 24.9. The maximum atomic E-state index is 15.3. The second kappa shape index (κ2) is 11.9. The molecule has 13 heteroatoms. The van der Waals surface area contributed by atoms with Crippen LogP contribution in [0.2, 0.25) is 0 Å². The average molecular weight is 607 g/mol. The number of carbonyl (C=O) groups is 1. The summed E-state index contributed by atoms with van der Waals surface area (Å²) < 4.78 is 69.9. The SMILES string of the molecule is C=CC(=O)N1C[C@@H](C)N(c2nc(OC[C@@H]3CCCN3C)nc3c2CO[C@@H](c2c(F)c(N)cc(C)c2C(F)(F)F)C3)C[C@@H]1C. The molecular formula is C30H38F4N6O3. The van der Waals surface area contributed by atoms with Crippen molar-refractivity contribution >= 4 is 17.4 Å². The van der Waals surface area contributed by atoms with E-state index < -0.39 is 29.2 Å². The first kappa shape index (κ1) is 31.0. The Labute approximate surface area is 248 Å². The Bertz CT molecular complexity index is 1400. The summed E-state index contributed by atoms with van der Waals surface area (Å²) in [5.41, 5.74) is 4.52. The number of carbonyl (C=O) groups excluding carboxylic acids is 1. The Kier molecular flexibility index (Phi) is 8.59. The maximum Gasteiger partial charge on any atom is 0.417 e. The first-order valence-electron chi connectivity index (χ1n) is 14.5. The second-order valence-electron chi connectivity index (χ2n) is 11.8. The molecule has 2 saturated heterocycles. The molecule has 234 valence electrons. The molecule has 9 nitrogen and oxygen atoms in total. The van der Waals surface area contributed by atoms with Crippen LogP contribution in [0, 0.1) is 12.7 Å². The van der Waals surface area contributed by atoms with Crippen LogP contribution in [0.4, 0.5) is 29.1 Å². The van der Waals surface area contributed by atoms with Gasteiger partial charge in [0.25, 0.3) is 0 Å². The number of ether oxygens (including phenoxy) is 2. The van der Waals surface area contributed by atoms with Crippen molar-refractivity contribution in [3.05, 3.63) is 52.5 Å². The predicted molar refractivity (Wildman–Crippen MR) is 153 cm³/mol. The lowest BCUT2D eigenvalue weighted by molar-refractivity contribution is -0.140. The monoisotopic (exact) mass is 606 g/mol. The molecule has 0 saturated carbocycles. The number of piperazine rings is 1. The number of halogens is 4. The summed E-state index contributed by atoms with van der Waals surface area (Å²) >= 11 is 0. The maximum absolute atomic E-state index is 15.3. The van der Waals surface area contributed by atoms with Crippen LogP contribution in [-0.2, 0) is 28.7 Å². The van der Waals surface area contributed by atoms with Crippen molar-refractivity contribution in [3.63, 3.8) is 0 Å². The highest BCUT2D eigenvalue weighted by Gasteiger charge is 2.42. The van der Waals surface area contributed by atoms with E-state index in [1.807, 2.05) is 25.8 Å². The topological polar surface area (TPSA) is 97.0 Å². The van der Waals surface area contributed by atoms with Crippen molar-refractivity contribution in [3.8, 4) is 6.01 Å². The largest absolute Gasteiger partial charge is 0.462 e. The third kappa shape index (κ3) is 6.01. The van der Waals surface area contributed by atoms with Crippen molar-refractivity contribution in [2.24, 2.45) is 0 Å². The van der Waals surface area contributed by atoms with Crippen LogP contribution in [0.1, 0.15) is 60.7 Å². The van der Waals surface area contributed by atoms with Crippen molar-refractivity contribution in [2.75, 3.05) is 43.9 Å². The van der Waals surface area contributed by atoms with E-state index in [0.29, 0.717) is 36.8 Å². The summed E-state index contributed by atoms with van der Waals surface area (Å²) in [4.78, 5) is 27.8. The number of nitrogens with two attached hydrogens (primary N) is 1. The van der Waals surface area contributed by atoms with Gasteiger partial charge in [-0.05, 0) is 64.9 Å². The number of nitrogens with zero attached hydrogens (tertiary/aromatic N) is 5. The van der Waals surface area contributed by atoms with Crippen LogP contribution in [0.15, 0.2) is 18.7 Å². The quantitative estimate of drug-likeness (QED) is 0.293. The van der Waals surface area contributed by atoms with E-state index in [0.717, 1.165) is 25.5 Å². The van der Waals surface area contributed by atoms with E-state index in [9.17, 15) is 18.0 Å². The molecule has 3 aliphatic heterocycles. The van der Waals surface area contributed by atoms with Gasteiger partial charge in [0, 0.05) is 48.8 Å². The summed E-state index contributed by atoms with van der Waals surface area (Å²) in [5, 5.41) is 0. The van der Waals surface area contributed by atoms with Gasteiger partial charge in [-0.3, -0.25) is 4.79 Å². The molecule has 5 rings (SSSR count). The zero-order valence-corrected chi connectivity index (χ0v) is 24.9. The number of aromatic nitrogens is 2. The van der Waals surface area contributed by atoms with E-state index in [1.54, 1.807) is 4.90 Å². The Hall–Kier alpha value is -3.45. The molecule has 0 bridgehead atoms. The van der Waals surface area contributed by atoms with E-state index in [1.165, 1.54) is 13.0 Å². The molecule has 4 heterocycles. The van der Waals surface area contributed by atoms with Gasteiger partial charge in [0.2, 0.25) is 5.91 Å². The van der Waals surface area contributed by atoms with E-state index in [4.69, 9.17) is 20.2 Å². The van der Waals surface area contributed by atoms with Crippen LogP contribution >= 0.6 is 0 Å². The lowest BCUT2D eigenvalue weighted by Gasteiger charge is -2.45. The van der Waals surface area contributed by atoms with Crippen LogP contribution in [0.3, 0.4) is 0 Å². The highest BCUT2D eigenvalue weighted by atomic mass is 19.4. The van der Waals surface area contributed by atoms with E-state index in [2.05, 4.69) is 16.5 Å². The number of alkyl halides is 3. The van der Waals surface area contributed by atoms with Crippen molar-refractivity contribution in [1.82, 2.24) is 19.8 Å². The number of amides is 1. The standard InChI is InChI=1S/C30H38F4N6O3/c1-6-24(41)39-12-18(4)40(13-17(39)3)28-20-15-42-23(25-26(30(32,33)34)16(2)10-21(35)27(25)31)11-22(20)36-29(37-28)43-14-19-8-7-9-38(19)5/h6,10,17-19,23H,1,7-9,11-15,35H2,2-5H3/t17-,18+,19-,23+/m0/s1. The van der Waals surface area contributed by atoms with Gasteiger partial charge in [0.05, 0.1) is 29.7 Å². The fraction of sp³-hybridized carbons (Fsp3) is 0.567. The number of anilines is 2. The molecule has 4 atom stereocenters. The van der Waals surface area contributed by atoms with Gasteiger partial charge in [-0.1, -0.05) is 6.58 Å². The van der Waals surface area contributed by atoms with Crippen LogP contribution in [-0.4, -0.2) is 77.1 Å². The second-order valence-corrected chi connectivity index (χ2v) is 11.8. The molecule has 0 radical (unpaired) electrons. The number of hydrogen-bond acceptors (Lipinski definition) is 8. The third-order valence-electron chi connectivity index (χ3n) is 8.78. The van der Waals surface area contributed by atoms with Gasteiger partial charge < -0.3 is 29.9 Å². The Morgan fingerprint density at radius 2 is 2.00 bits per heavy atom. The lowest BCUT2D eigenvalue weighted by atomic mass is 9.91. The van der Waals surface area contributed by atoms with Crippen LogP contribution in [0.25, 0.3) is 0 Å². The number of fused-ring (bicyclic) bond motifs is 1. The number of likely N-dealkylation sites (tertiary alicyclic amines) is 1. The Morgan fingerprint density at radius 1 is 1.26 bits per heavy atom. The smallest absolute Gasteiger partial charge is 0.417 e. The molecule has 2 aromatic rings. The summed E-state index contributed by atoms with van der Waals surface area (Å²) in [6.45, 7) is 10.8. The van der Waals surface area contributed by atoms with E-state index in [-0.39, 0.29) is 54.3 Å². The van der Waals surface area contributed by atoms with E-state index >= 15 is 4.39 Å². The number of rotatable bonds is 6. The minimum atomic E-state index is -4.82. The van der Waals surface area contributed by atoms with Gasteiger partial charge in [-0.25, -0.2) is 4.39 Å². The number of likely N-dealkylation sites (N-methyl/N-ethyl adjacent to an activating group) is 1. The molecule has 0 aliphatic carbocycles. The molecule has 2 fully saturated rings. The van der Waals surface area contributed by atoms with Gasteiger partial charge in [0.1, 0.15) is 12.4 Å². The summed E-state index contributed by atoms with van der Waals surface area (Å²) in [5.74, 6) is -0.782. The summed E-state index contributed by atoms with van der Waals surface area (Å²) in [6.07, 6.45) is -2.92. The third-order valence-corrected chi connectivity index (χ3v) is 8.78. The fourth-order valence-electron chi connectivity index (χ4n) is 6.45. The summed E-state index contributed by atoms with van der Waals surface area (Å²) in [7, 11) is 2.02. The van der Waals surface area contributed by atoms with Gasteiger partial charge >= 0.3 is 12.2 Å². The molecule has 0 unspecified atom stereocenters. The van der Waals surface area contributed by atoms with Crippen molar-refractivity contribution in [1.29, 1.82) is 0 Å². The predicted octanol–water partition coefficient (Wildman–Crippen LogP) is 4.42. The highest BCUT2D eigenvalue weighted by Crippen LogP contribution is 2.44. The lowest BCUT2D eigenvalue weighted by Crippen LogP contribution is -2.58. The molecule has 3 aliphatic rings. The minimum Gasteiger partial charge on any atom is -0.462 e. The van der Waals surface area contributed by atoms with Crippen molar-refractivity contribution in [2.45, 2.75) is 77.0 Å². The zero-order chi connectivity index (χ0) is 31.2. The number of hydrogen-bond donors (Lipinski definition) is 1. The minimum absolute atomic E-state index is 0.0967. The van der Waals surface area contributed by atoms with Gasteiger partial charge in [-0.15, -0.1) is 0 Å². The Morgan fingerprint density at radius 3 is 2.65 bits per heavy atom. The van der Waals surface area contributed by atoms with Crippen molar-refractivity contribution < 1.29 is 31.8 Å². The van der Waals surface area contributed by atoms with Crippen LogP contribution in [0.5, 0.6) is 6.01 Å². The highest BCUT2D eigenvalue weighted by molar-refractivity contribution is 5.87. The number of aryl methyl sites for hydroxylation is 1. The van der Waals surface area contributed by atoms with Gasteiger partial charge in [0.15, 0.2) is 5.82 Å². The molecule has 1 aromatic carbocycles. The molecule has 1 amide bonds. The summed E-state index contributed by atoms with van der Waals surface area (Å²) in [6, 6.07) is 0.949. The molecular weight excluding hydrogens is 568 g/mol. The molecule has 0 spiro atoms. The molecule has 43 heavy (non-hydrogen) atoms. The molecule has 2 N–H and O–H groups in total. The normalized spacial score (nSPS) is 24.7. The first-order chi connectivity index (χ1) is 20.3. The fourth-order valence-corrected chi connectivity index (χ4v) is 6.45. The van der Waals surface area contributed by atoms with Crippen LogP contribution < -0.4 is 15.4 Å². The molecule has 1 aromatic heterocycles. The number of benzene rings is 1. The average Bonchev–Trinajstić information content (AvgIpc) is 3.37. The number of nitrogen functional groups attached to an aromatic ring is 1. The first-order valence-corrected chi connectivity index (χ1v) is 14.5. The van der Waals surface area contributed by atoms with Gasteiger partial charge in [-0.2, -0.15) is 23.1 Å².